The maximum absolute atomic E-state index is 9.14. The topological polar surface area (TPSA) is 42.3 Å². The Bertz CT molecular complexity index is 260. The minimum Gasteiger partial charge on any atom is -0.302 e. The van der Waals surface area contributed by atoms with Crippen molar-refractivity contribution in [1.82, 2.24) is 15.1 Å². The molecule has 0 aromatic carbocycles. The van der Waals surface area contributed by atoms with Crippen molar-refractivity contribution in [2.45, 2.75) is 31.8 Å². The average Bonchev–Trinajstić information content (AvgIpc) is 2.31. The summed E-state index contributed by atoms with van der Waals surface area (Å²) in [5, 5.41) is 12.2. The van der Waals surface area contributed by atoms with E-state index in [1.54, 1.807) is 0 Å². The van der Waals surface area contributed by atoms with E-state index in [1.807, 2.05) is 14.0 Å². The molecule has 4 nitrogen and oxygen atoms in total. The van der Waals surface area contributed by atoms with Crippen molar-refractivity contribution in [3.8, 4) is 6.07 Å². The molecule has 0 aromatic heterocycles. The second kappa shape index (κ2) is 5.62. The fraction of sp³-hybridized carbons (Fsp3) is 0.917. The molecule has 1 heterocycles. The molecule has 16 heavy (non-hydrogen) atoms. The number of hydrogen-bond donors (Lipinski definition) is 1. The molecule has 0 bridgehead atoms. The lowest BCUT2D eigenvalue weighted by Gasteiger charge is -2.41. The third kappa shape index (κ3) is 3.18. The van der Waals surface area contributed by atoms with Gasteiger partial charge in [0.25, 0.3) is 0 Å². The van der Waals surface area contributed by atoms with Crippen LogP contribution in [0.15, 0.2) is 0 Å². The van der Waals surface area contributed by atoms with E-state index in [0.717, 1.165) is 26.2 Å². The SMILES string of the molecule is CCC1CN(CC(C)(C#N)NC)CCN1C. The van der Waals surface area contributed by atoms with E-state index in [4.69, 9.17) is 5.26 Å². The second-order valence-electron chi connectivity index (χ2n) is 4.97. The van der Waals surface area contributed by atoms with Crippen LogP contribution in [0.2, 0.25) is 0 Å². The highest BCUT2D eigenvalue weighted by Gasteiger charge is 2.29. The number of nitrogens with zero attached hydrogens (tertiary/aromatic N) is 3. The van der Waals surface area contributed by atoms with Gasteiger partial charge in [-0.3, -0.25) is 4.90 Å². The number of piperazine rings is 1. The molecular weight excluding hydrogens is 200 g/mol. The van der Waals surface area contributed by atoms with Gasteiger partial charge in [0.2, 0.25) is 0 Å². The van der Waals surface area contributed by atoms with Crippen LogP contribution in [0.25, 0.3) is 0 Å². The van der Waals surface area contributed by atoms with Gasteiger partial charge in [0, 0.05) is 32.2 Å². The standard InChI is InChI=1S/C12H24N4/c1-5-11-8-16(7-6-15(11)4)10-12(2,9-13)14-3/h11,14H,5-8,10H2,1-4H3. The molecule has 0 radical (unpaired) electrons. The molecule has 0 aromatic rings. The molecular formula is C12H24N4. The fourth-order valence-corrected chi connectivity index (χ4v) is 2.21. The first-order valence-electron chi connectivity index (χ1n) is 6.07. The maximum Gasteiger partial charge on any atom is 0.116 e. The van der Waals surface area contributed by atoms with Gasteiger partial charge in [-0.25, -0.2) is 0 Å². The van der Waals surface area contributed by atoms with Gasteiger partial charge >= 0.3 is 0 Å². The molecule has 1 saturated heterocycles. The molecule has 0 aliphatic carbocycles. The predicted molar refractivity (Wildman–Crippen MR) is 66.2 cm³/mol. The zero-order valence-electron chi connectivity index (χ0n) is 11.0. The van der Waals surface area contributed by atoms with Crippen LogP contribution in [0, 0.1) is 11.3 Å². The molecule has 0 saturated carbocycles. The summed E-state index contributed by atoms with van der Waals surface area (Å²) in [6, 6.07) is 2.99. The quantitative estimate of drug-likeness (QED) is 0.756. The first-order valence-corrected chi connectivity index (χ1v) is 6.07. The Labute approximate surface area is 99.2 Å². The van der Waals surface area contributed by atoms with Crippen LogP contribution in [0.1, 0.15) is 20.3 Å². The highest BCUT2D eigenvalue weighted by Crippen LogP contribution is 2.13. The molecule has 1 rings (SSSR count). The van der Waals surface area contributed by atoms with Gasteiger partial charge in [-0.1, -0.05) is 6.92 Å². The highest BCUT2D eigenvalue weighted by atomic mass is 15.3. The first-order chi connectivity index (χ1) is 7.54. The predicted octanol–water partition coefficient (Wildman–Crippen LogP) is 0.514. The number of nitrogens with one attached hydrogen (secondary N) is 1. The van der Waals surface area contributed by atoms with E-state index in [-0.39, 0.29) is 0 Å². The Balaban J connectivity index is 2.54. The second-order valence-corrected chi connectivity index (χ2v) is 4.97. The highest BCUT2D eigenvalue weighted by molar-refractivity contribution is 5.05. The van der Waals surface area contributed by atoms with Crippen LogP contribution in [0.3, 0.4) is 0 Å². The van der Waals surface area contributed by atoms with Crippen molar-refractivity contribution in [2.24, 2.45) is 0 Å². The Hall–Kier alpha value is -0.630. The van der Waals surface area contributed by atoms with Crippen molar-refractivity contribution in [1.29, 1.82) is 5.26 Å². The van der Waals surface area contributed by atoms with E-state index < -0.39 is 5.54 Å². The number of rotatable bonds is 4. The minimum atomic E-state index is -0.422. The zero-order chi connectivity index (χ0) is 12.2. The molecule has 1 aliphatic heterocycles. The van der Waals surface area contributed by atoms with Crippen molar-refractivity contribution in [2.75, 3.05) is 40.3 Å². The smallest absolute Gasteiger partial charge is 0.116 e. The average molecular weight is 224 g/mol. The van der Waals surface area contributed by atoms with Crippen LogP contribution in [-0.4, -0.2) is 61.7 Å². The summed E-state index contributed by atoms with van der Waals surface area (Å²) >= 11 is 0. The third-order valence-electron chi connectivity index (χ3n) is 3.67. The van der Waals surface area contributed by atoms with Gasteiger partial charge in [-0.05, 0) is 27.4 Å². The summed E-state index contributed by atoms with van der Waals surface area (Å²) in [6.45, 7) is 8.24. The Morgan fingerprint density at radius 2 is 2.19 bits per heavy atom. The van der Waals surface area contributed by atoms with Crippen LogP contribution in [-0.2, 0) is 0 Å². The number of nitriles is 1. The lowest BCUT2D eigenvalue weighted by molar-refractivity contribution is 0.0811. The molecule has 1 aliphatic rings. The summed E-state index contributed by atoms with van der Waals surface area (Å²) in [6.07, 6.45) is 1.18. The van der Waals surface area contributed by atoms with Gasteiger partial charge in [-0.2, -0.15) is 5.26 Å². The van der Waals surface area contributed by atoms with E-state index in [9.17, 15) is 0 Å². The summed E-state index contributed by atoms with van der Waals surface area (Å²) in [5.41, 5.74) is -0.422. The molecule has 4 heteroatoms. The van der Waals surface area contributed by atoms with Crippen LogP contribution in [0.4, 0.5) is 0 Å². The zero-order valence-corrected chi connectivity index (χ0v) is 11.0. The third-order valence-corrected chi connectivity index (χ3v) is 3.67. The summed E-state index contributed by atoms with van der Waals surface area (Å²) in [7, 11) is 4.05. The van der Waals surface area contributed by atoms with Gasteiger partial charge < -0.3 is 10.2 Å². The van der Waals surface area contributed by atoms with Gasteiger partial charge in [0.05, 0.1) is 6.07 Å². The molecule has 2 atom stereocenters. The molecule has 0 amide bonds. The summed E-state index contributed by atoms with van der Waals surface area (Å²) in [5.74, 6) is 0. The lowest BCUT2D eigenvalue weighted by atomic mass is 10.0. The van der Waals surface area contributed by atoms with Crippen molar-refractivity contribution in [3.05, 3.63) is 0 Å². The molecule has 1 fully saturated rings. The Morgan fingerprint density at radius 1 is 1.50 bits per heavy atom. The Morgan fingerprint density at radius 3 is 2.69 bits per heavy atom. The van der Waals surface area contributed by atoms with Crippen LogP contribution in [0.5, 0.6) is 0 Å². The van der Waals surface area contributed by atoms with E-state index in [1.165, 1.54) is 6.42 Å². The van der Waals surface area contributed by atoms with E-state index >= 15 is 0 Å². The summed E-state index contributed by atoms with van der Waals surface area (Å²) in [4.78, 5) is 4.81. The van der Waals surface area contributed by atoms with Crippen molar-refractivity contribution < 1.29 is 0 Å². The van der Waals surface area contributed by atoms with Gasteiger partial charge in [0.15, 0.2) is 0 Å². The maximum atomic E-state index is 9.14. The largest absolute Gasteiger partial charge is 0.302 e. The molecule has 92 valence electrons. The lowest BCUT2D eigenvalue weighted by Crippen LogP contribution is -2.57. The van der Waals surface area contributed by atoms with Crippen molar-refractivity contribution in [3.63, 3.8) is 0 Å². The van der Waals surface area contributed by atoms with E-state index in [0.29, 0.717) is 6.04 Å². The first kappa shape index (κ1) is 13.4. The van der Waals surface area contributed by atoms with Gasteiger partial charge in [0.1, 0.15) is 5.54 Å². The van der Waals surface area contributed by atoms with Crippen LogP contribution < -0.4 is 5.32 Å². The molecule has 0 spiro atoms. The normalized spacial score (nSPS) is 27.3. The Kier molecular flexibility index (Phi) is 4.72. The number of likely N-dealkylation sites (N-methyl/N-ethyl adjacent to an activating group) is 2. The number of hydrogen-bond acceptors (Lipinski definition) is 4. The molecule has 2 unspecified atom stereocenters. The van der Waals surface area contributed by atoms with E-state index in [2.05, 4.69) is 35.2 Å². The van der Waals surface area contributed by atoms with Crippen LogP contribution >= 0.6 is 0 Å². The minimum absolute atomic E-state index is 0.422. The monoisotopic (exact) mass is 224 g/mol. The summed E-state index contributed by atoms with van der Waals surface area (Å²) < 4.78 is 0. The molecule has 1 N–H and O–H groups in total. The van der Waals surface area contributed by atoms with Crippen molar-refractivity contribution >= 4 is 0 Å². The van der Waals surface area contributed by atoms with Gasteiger partial charge in [-0.15, -0.1) is 0 Å². The fourth-order valence-electron chi connectivity index (χ4n) is 2.21.